The van der Waals surface area contributed by atoms with Crippen LogP contribution in [-0.4, -0.2) is 47.1 Å². The van der Waals surface area contributed by atoms with Gasteiger partial charge in [0.2, 0.25) is 0 Å². The third kappa shape index (κ3) is 9.98. The van der Waals surface area contributed by atoms with Gasteiger partial charge in [0.05, 0.1) is 22.6 Å². The highest BCUT2D eigenvalue weighted by Gasteiger charge is 2.51. The predicted octanol–water partition coefficient (Wildman–Crippen LogP) is 22.0. The zero-order valence-electron chi connectivity index (χ0n) is 53.3. The fraction of sp³-hybridized carbons (Fsp3) is 0.0698. The minimum atomic E-state index is -0.411. The van der Waals surface area contributed by atoms with Crippen molar-refractivity contribution < 1.29 is 10.7 Å². The van der Waals surface area contributed by atoms with Gasteiger partial charge in [-0.25, -0.2) is 19.9 Å². The number of aromatic nitrogens is 6. The molecule has 0 N–H and O–H groups in total. The van der Waals surface area contributed by atoms with Crippen molar-refractivity contribution in [1.82, 2.24) is 28.7 Å². The number of nitrogens with zero attached hydrogens (tertiary/aromatic N) is 6. The molecule has 96 heavy (non-hydrogen) atoms. The first-order chi connectivity index (χ1) is 47.0. The van der Waals surface area contributed by atoms with E-state index in [1.807, 2.05) is 65.3 Å². The van der Waals surface area contributed by atoms with Gasteiger partial charge in [-0.05, 0) is 156 Å². The second-order valence-electron chi connectivity index (χ2n) is 25.6. The molecule has 0 spiro atoms. The van der Waals surface area contributed by atoms with E-state index >= 15 is 0 Å². The van der Waals surface area contributed by atoms with E-state index in [2.05, 4.69) is 291 Å². The molecular weight excluding hydrogens is 1240 g/mol. The van der Waals surface area contributed by atoms with Gasteiger partial charge in [0.15, 0.2) is 11.3 Å². The van der Waals surface area contributed by atoms with Crippen LogP contribution in [0.25, 0.3) is 154 Å². The van der Waals surface area contributed by atoms with Crippen molar-refractivity contribution in [3.63, 3.8) is 0 Å². The van der Waals surface area contributed by atoms with Gasteiger partial charge in [-0.3, -0.25) is 8.80 Å². The predicted molar refractivity (Wildman–Crippen MR) is 405 cm³/mol. The maximum atomic E-state index is 6.29. The summed E-state index contributed by atoms with van der Waals surface area (Å²) in [5, 5.41) is 14.5. The van der Waals surface area contributed by atoms with Crippen LogP contribution in [0.4, 0.5) is 0 Å². The first-order valence-corrected chi connectivity index (χ1v) is 33.4. The Morgan fingerprint density at radius 1 is 0.312 bits per heavy atom. The maximum absolute atomic E-state index is 6.29. The summed E-state index contributed by atoms with van der Waals surface area (Å²) in [4.78, 5) is 20.2. The Bertz CT molecular complexity index is 5960. The Morgan fingerprint density at radius 2 is 0.635 bits per heavy atom. The van der Waals surface area contributed by atoms with Crippen molar-refractivity contribution in [2.24, 2.45) is 0 Å². The van der Waals surface area contributed by atoms with Gasteiger partial charge in [0.1, 0.15) is 22.3 Å². The van der Waals surface area contributed by atoms with E-state index in [1.54, 1.807) is 0 Å². The van der Waals surface area contributed by atoms with Gasteiger partial charge in [0.25, 0.3) is 0 Å². The molecule has 10 heteroatoms. The Balaban J connectivity index is 0.000000121. The quantitative estimate of drug-likeness (QED) is 0.122. The van der Waals surface area contributed by atoms with Gasteiger partial charge >= 0.3 is 7.12 Å². The van der Waals surface area contributed by atoms with E-state index in [4.69, 9.17) is 29.2 Å². The van der Waals surface area contributed by atoms with E-state index in [1.165, 1.54) is 80.9 Å². The lowest BCUT2D eigenvalue weighted by molar-refractivity contribution is 0.00578. The third-order valence-corrected chi connectivity index (χ3v) is 20.2. The van der Waals surface area contributed by atoms with E-state index < -0.39 is 7.12 Å². The normalized spacial score (nSPS) is 13.5. The van der Waals surface area contributed by atoms with Gasteiger partial charge in [-0.1, -0.05) is 261 Å². The van der Waals surface area contributed by atoms with Crippen molar-refractivity contribution in [2.75, 3.05) is 0 Å². The van der Waals surface area contributed by atoms with E-state index in [0.717, 1.165) is 83.1 Å². The van der Waals surface area contributed by atoms with Crippen molar-refractivity contribution >= 4 is 127 Å². The molecular formula is C86H64BBrN6O2. The van der Waals surface area contributed by atoms with Crippen LogP contribution in [0.5, 0.6) is 0 Å². The van der Waals surface area contributed by atoms with Crippen LogP contribution >= 0.6 is 15.9 Å². The standard InChI is InChI=1S/C40H25N3.C26H24BN3O2.C20H13Br.H2/c1-2-13-26(14-3-1)36-29-17-4-6-19-31(29)37(32-20-7-5-18-30(32)36)27-15-12-16-28(25-27)38-33-21-8-9-22-34(33)39-40(42-38)43-24-11-10-23-35(43)41-39;1-25(2)26(3,4)32-27(31-25)18-11-9-10-17(16-18)22-19-12-5-6-13-20(19)23-24(29-22)30-15-8-7-14-21(30)28-23;21-20-17-12-6-4-10-15(17)19(14-8-2-1-3-9-14)16-11-5-7-13-18(16)20;/h1-25H;5-16H,1-4H3;1-13H;1H/i;;;1+1. The average molecular weight is 1310 g/mol. The van der Waals surface area contributed by atoms with Gasteiger partial charge < -0.3 is 9.31 Å². The molecule has 0 atom stereocenters. The summed E-state index contributed by atoms with van der Waals surface area (Å²) < 4.78 is 17.9. The fourth-order valence-electron chi connectivity index (χ4n) is 14.1. The number of fused-ring (bicyclic) bond motifs is 14. The monoisotopic (exact) mass is 1300 g/mol. The molecule has 6 aromatic heterocycles. The summed E-state index contributed by atoms with van der Waals surface area (Å²) in [6.45, 7) is 8.30. The van der Waals surface area contributed by atoms with Crippen LogP contribution < -0.4 is 5.46 Å². The largest absolute Gasteiger partial charge is 0.494 e. The first kappa shape index (κ1) is 58.7. The number of pyridine rings is 4. The summed E-state index contributed by atoms with van der Waals surface area (Å²) >= 11 is 3.79. The number of hydrogen-bond acceptors (Lipinski definition) is 6. The molecule has 7 heterocycles. The zero-order valence-corrected chi connectivity index (χ0v) is 54.9. The van der Waals surface area contributed by atoms with E-state index in [-0.39, 0.29) is 12.6 Å². The van der Waals surface area contributed by atoms with E-state index in [0.29, 0.717) is 0 Å². The molecule has 1 aliphatic rings. The van der Waals surface area contributed by atoms with Crippen molar-refractivity contribution in [2.45, 2.75) is 38.9 Å². The van der Waals surface area contributed by atoms with Crippen molar-refractivity contribution in [1.29, 1.82) is 0 Å². The molecule has 12 aromatic carbocycles. The smallest absolute Gasteiger partial charge is 0.399 e. The molecule has 0 saturated carbocycles. The summed E-state index contributed by atoms with van der Waals surface area (Å²) in [7, 11) is -0.411. The Morgan fingerprint density at radius 3 is 1.07 bits per heavy atom. The van der Waals surface area contributed by atoms with E-state index in [9.17, 15) is 0 Å². The number of halogens is 1. The van der Waals surface area contributed by atoms with Gasteiger partial charge in [-0.2, -0.15) is 0 Å². The summed E-state index contributed by atoms with van der Waals surface area (Å²) in [6, 6.07) is 102. The number of imidazole rings is 2. The Kier molecular flexibility index (Phi) is 14.5. The Hall–Kier alpha value is -11.1. The minimum Gasteiger partial charge on any atom is -0.399 e. The van der Waals surface area contributed by atoms with Crippen LogP contribution in [0.2, 0.25) is 0 Å². The second-order valence-corrected chi connectivity index (χ2v) is 26.4. The van der Waals surface area contributed by atoms with Gasteiger partial charge in [0, 0.05) is 51.0 Å². The lowest BCUT2D eigenvalue weighted by Gasteiger charge is -2.32. The van der Waals surface area contributed by atoms with Crippen LogP contribution in [0, 0.1) is 0 Å². The van der Waals surface area contributed by atoms with Crippen LogP contribution in [-0.2, 0) is 9.31 Å². The number of rotatable bonds is 6. The molecule has 19 rings (SSSR count). The molecule has 0 bridgehead atoms. The fourth-order valence-corrected chi connectivity index (χ4v) is 14.8. The van der Waals surface area contributed by atoms with Crippen LogP contribution in [0.3, 0.4) is 0 Å². The lowest BCUT2D eigenvalue weighted by atomic mass is 9.78. The number of hydrogen-bond donors (Lipinski definition) is 0. The summed E-state index contributed by atoms with van der Waals surface area (Å²) in [6.07, 6.45) is 4.05. The molecule has 0 radical (unpaired) electrons. The zero-order chi connectivity index (χ0) is 64.7. The lowest BCUT2D eigenvalue weighted by Crippen LogP contribution is -2.41. The highest BCUT2D eigenvalue weighted by Crippen LogP contribution is 2.46. The summed E-state index contributed by atoms with van der Waals surface area (Å²) in [5.41, 5.74) is 17.1. The first-order valence-electron chi connectivity index (χ1n) is 32.6. The van der Waals surface area contributed by atoms with Crippen LogP contribution in [0.1, 0.15) is 29.1 Å². The second kappa shape index (κ2) is 23.7. The molecule has 1 saturated heterocycles. The molecule has 0 aliphatic carbocycles. The molecule has 0 unspecified atom stereocenters. The summed E-state index contributed by atoms with van der Waals surface area (Å²) in [5.74, 6) is 0. The minimum absolute atomic E-state index is 0. The Labute approximate surface area is 565 Å². The van der Waals surface area contributed by atoms with Crippen LogP contribution in [0.15, 0.2) is 308 Å². The average Bonchev–Trinajstić information content (AvgIpc) is 1.11. The van der Waals surface area contributed by atoms with Crippen molar-refractivity contribution in [3.05, 3.63) is 308 Å². The molecule has 460 valence electrons. The molecule has 8 nitrogen and oxygen atoms in total. The molecule has 1 fully saturated rings. The highest BCUT2D eigenvalue weighted by atomic mass is 79.9. The number of benzene rings is 12. The SMILES string of the molecule is Brc1c2ccccc2c(-c2ccccc2)c2ccccc12.CC1(C)OB(c2cccc(-c3nc4c(nc5ccccn54)c4ccccc34)c2)OC1(C)C.[2HH].c1ccc(-c2c3ccccc3c(-c3cccc(-c4nc5c(nc6ccccn65)c5ccccc45)c3)c3ccccc23)cc1. The van der Waals surface area contributed by atoms with Gasteiger partial charge in [-0.15, -0.1) is 0 Å². The molecule has 1 aliphatic heterocycles. The molecule has 0 amide bonds. The third-order valence-electron chi connectivity index (χ3n) is 19.4. The maximum Gasteiger partial charge on any atom is 0.494 e. The topological polar surface area (TPSA) is 78.8 Å². The van der Waals surface area contributed by atoms with Crippen molar-refractivity contribution in [3.8, 4) is 55.9 Å². The molecule has 18 aromatic rings. The highest BCUT2D eigenvalue weighted by molar-refractivity contribution is 9.10.